The molecule has 0 radical (unpaired) electrons. The number of carbonyl (C=O) groups is 1. The fourth-order valence-corrected chi connectivity index (χ4v) is 1.88. The normalized spacial score (nSPS) is 9.76. The van der Waals surface area contributed by atoms with Crippen LogP contribution in [0.15, 0.2) is 30.3 Å². The molecular formula is C15H14N4O2. The standard InChI is InChI=1S/C15H14N4O2/c1-9-5-11(7-14(17)18-9)15(20)19-12-4-3-10(8-16)6-13(12)21-2/h3-7H,1-2H3,(H2,17,18)(H,19,20). The van der Waals surface area contributed by atoms with E-state index in [1.807, 2.05) is 6.07 Å². The average Bonchev–Trinajstić information content (AvgIpc) is 2.46. The molecule has 0 aliphatic carbocycles. The second-order valence-corrected chi connectivity index (χ2v) is 4.40. The zero-order chi connectivity index (χ0) is 15.4. The van der Waals surface area contributed by atoms with Crippen LogP contribution in [0.3, 0.4) is 0 Å². The summed E-state index contributed by atoms with van der Waals surface area (Å²) in [5.41, 5.74) is 7.63. The summed E-state index contributed by atoms with van der Waals surface area (Å²) < 4.78 is 5.17. The van der Waals surface area contributed by atoms with Crippen molar-refractivity contribution in [3.8, 4) is 11.8 Å². The predicted octanol–water partition coefficient (Wildman–Crippen LogP) is 2.10. The molecule has 1 aromatic carbocycles. The molecule has 21 heavy (non-hydrogen) atoms. The summed E-state index contributed by atoms with van der Waals surface area (Å²) in [5.74, 6) is 0.378. The largest absolute Gasteiger partial charge is 0.495 e. The van der Waals surface area contributed by atoms with Crippen LogP contribution in [0.25, 0.3) is 0 Å². The van der Waals surface area contributed by atoms with Gasteiger partial charge in [-0.25, -0.2) is 4.98 Å². The lowest BCUT2D eigenvalue weighted by Crippen LogP contribution is -2.13. The number of nitriles is 1. The van der Waals surface area contributed by atoms with Crippen molar-refractivity contribution >= 4 is 17.4 Å². The molecule has 0 unspecified atom stereocenters. The van der Waals surface area contributed by atoms with Gasteiger partial charge in [-0.1, -0.05) is 0 Å². The molecule has 0 saturated heterocycles. The molecule has 0 aliphatic rings. The Morgan fingerprint density at radius 2 is 2.14 bits per heavy atom. The number of aromatic nitrogens is 1. The zero-order valence-corrected chi connectivity index (χ0v) is 11.7. The van der Waals surface area contributed by atoms with E-state index in [4.69, 9.17) is 15.7 Å². The summed E-state index contributed by atoms with van der Waals surface area (Å²) in [4.78, 5) is 16.2. The van der Waals surface area contributed by atoms with Crippen molar-refractivity contribution in [2.45, 2.75) is 6.92 Å². The fourth-order valence-electron chi connectivity index (χ4n) is 1.88. The van der Waals surface area contributed by atoms with Crippen molar-refractivity contribution in [2.75, 3.05) is 18.2 Å². The van der Waals surface area contributed by atoms with Crippen molar-refractivity contribution in [1.82, 2.24) is 4.98 Å². The molecule has 1 heterocycles. The molecule has 2 aromatic rings. The van der Waals surface area contributed by atoms with E-state index in [0.29, 0.717) is 28.3 Å². The van der Waals surface area contributed by atoms with Gasteiger partial charge in [0, 0.05) is 17.3 Å². The van der Waals surface area contributed by atoms with Gasteiger partial charge in [0.1, 0.15) is 11.6 Å². The van der Waals surface area contributed by atoms with Crippen molar-refractivity contribution in [3.05, 3.63) is 47.2 Å². The number of aryl methyl sites for hydroxylation is 1. The van der Waals surface area contributed by atoms with Gasteiger partial charge < -0.3 is 15.8 Å². The van der Waals surface area contributed by atoms with Crippen molar-refractivity contribution < 1.29 is 9.53 Å². The maximum absolute atomic E-state index is 12.2. The van der Waals surface area contributed by atoms with E-state index >= 15 is 0 Å². The lowest BCUT2D eigenvalue weighted by atomic mass is 10.1. The van der Waals surface area contributed by atoms with E-state index in [9.17, 15) is 4.79 Å². The molecule has 0 aliphatic heterocycles. The van der Waals surface area contributed by atoms with Crippen LogP contribution >= 0.6 is 0 Å². The summed E-state index contributed by atoms with van der Waals surface area (Å²) in [7, 11) is 1.47. The molecule has 0 spiro atoms. The Balaban J connectivity index is 2.29. The molecular weight excluding hydrogens is 268 g/mol. The summed E-state index contributed by atoms with van der Waals surface area (Å²) in [6.07, 6.45) is 0. The molecule has 2 rings (SSSR count). The van der Waals surface area contributed by atoms with E-state index in [1.54, 1.807) is 31.2 Å². The van der Waals surface area contributed by atoms with Crippen LogP contribution in [0.2, 0.25) is 0 Å². The number of amides is 1. The van der Waals surface area contributed by atoms with Crippen LogP contribution in [-0.2, 0) is 0 Å². The third-order valence-electron chi connectivity index (χ3n) is 2.81. The number of methoxy groups -OCH3 is 1. The van der Waals surface area contributed by atoms with E-state index in [0.717, 1.165) is 0 Å². The Labute approximate surface area is 122 Å². The molecule has 0 saturated carbocycles. The van der Waals surface area contributed by atoms with Gasteiger partial charge in [-0.2, -0.15) is 5.26 Å². The Bertz CT molecular complexity index is 715. The average molecular weight is 282 g/mol. The first kappa shape index (κ1) is 14.3. The molecule has 0 fully saturated rings. The number of rotatable bonds is 3. The second-order valence-electron chi connectivity index (χ2n) is 4.40. The van der Waals surface area contributed by atoms with Crippen molar-refractivity contribution in [1.29, 1.82) is 5.26 Å². The maximum atomic E-state index is 12.2. The monoisotopic (exact) mass is 282 g/mol. The van der Waals surface area contributed by atoms with E-state index in [2.05, 4.69) is 10.3 Å². The summed E-state index contributed by atoms with van der Waals surface area (Å²) in [6, 6.07) is 9.93. The fraction of sp³-hybridized carbons (Fsp3) is 0.133. The van der Waals surface area contributed by atoms with Crippen LogP contribution in [0.5, 0.6) is 5.75 Å². The number of hydrogen-bond acceptors (Lipinski definition) is 5. The lowest BCUT2D eigenvalue weighted by molar-refractivity contribution is 0.102. The molecule has 0 bridgehead atoms. The van der Waals surface area contributed by atoms with Crippen LogP contribution < -0.4 is 15.8 Å². The van der Waals surface area contributed by atoms with E-state index in [1.165, 1.54) is 13.2 Å². The number of nitrogens with zero attached hydrogens (tertiary/aromatic N) is 2. The van der Waals surface area contributed by atoms with Gasteiger partial charge in [0.05, 0.1) is 24.4 Å². The maximum Gasteiger partial charge on any atom is 0.255 e. The molecule has 3 N–H and O–H groups in total. The van der Waals surface area contributed by atoms with Gasteiger partial charge in [0.2, 0.25) is 0 Å². The highest BCUT2D eigenvalue weighted by Crippen LogP contribution is 2.26. The Morgan fingerprint density at radius 1 is 1.38 bits per heavy atom. The summed E-state index contributed by atoms with van der Waals surface area (Å²) >= 11 is 0. The molecule has 0 atom stereocenters. The highest BCUT2D eigenvalue weighted by atomic mass is 16.5. The van der Waals surface area contributed by atoms with Crippen LogP contribution in [0, 0.1) is 18.3 Å². The zero-order valence-electron chi connectivity index (χ0n) is 11.7. The number of hydrogen-bond donors (Lipinski definition) is 2. The topological polar surface area (TPSA) is 101 Å². The number of nitrogen functional groups attached to an aromatic ring is 1. The number of carbonyl (C=O) groups excluding carboxylic acids is 1. The number of nitrogens with two attached hydrogens (primary N) is 1. The molecule has 6 heteroatoms. The van der Waals surface area contributed by atoms with Gasteiger partial charge >= 0.3 is 0 Å². The van der Waals surface area contributed by atoms with Crippen LogP contribution in [0.4, 0.5) is 11.5 Å². The first-order valence-electron chi connectivity index (χ1n) is 6.17. The van der Waals surface area contributed by atoms with Gasteiger partial charge in [0.15, 0.2) is 0 Å². The Morgan fingerprint density at radius 3 is 2.76 bits per heavy atom. The number of benzene rings is 1. The molecule has 106 valence electrons. The minimum absolute atomic E-state index is 0.284. The minimum Gasteiger partial charge on any atom is -0.495 e. The third kappa shape index (κ3) is 3.28. The van der Waals surface area contributed by atoms with Gasteiger partial charge in [0.25, 0.3) is 5.91 Å². The highest BCUT2D eigenvalue weighted by Gasteiger charge is 2.11. The first-order chi connectivity index (χ1) is 10.0. The molecule has 6 nitrogen and oxygen atoms in total. The smallest absolute Gasteiger partial charge is 0.255 e. The number of anilines is 2. The minimum atomic E-state index is -0.324. The SMILES string of the molecule is COc1cc(C#N)ccc1NC(=O)c1cc(C)nc(N)c1. The van der Waals surface area contributed by atoms with E-state index < -0.39 is 0 Å². The predicted molar refractivity (Wildman–Crippen MR) is 79.0 cm³/mol. The third-order valence-corrected chi connectivity index (χ3v) is 2.81. The second kappa shape index (κ2) is 5.92. The summed E-state index contributed by atoms with van der Waals surface area (Å²) in [6.45, 7) is 1.76. The highest BCUT2D eigenvalue weighted by molar-refractivity contribution is 6.05. The molecule has 1 aromatic heterocycles. The molecule has 1 amide bonds. The van der Waals surface area contributed by atoms with Crippen LogP contribution in [-0.4, -0.2) is 18.0 Å². The van der Waals surface area contributed by atoms with Gasteiger partial charge in [-0.05, 0) is 31.2 Å². The number of nitrogens with one attached hydrogen (secondary N) is 1. The summed E-state index contributed by atoms with van der Waals surface area (Å²) in [5, 5.41) is 11.6. The van der Waals surface area contributed by atoms with Crippen molar-refractivity contribution in [2.24, 2.45) is 0 Å². The quantitative estimate of drug-likeness (QED) is 0.897. The van der Waals surface area contributed by atoms with E-state index in [-0.39, 0.29) is 11.7 Å². The van der Waals surface area contributed by atoms with Crippen LogP contribution in [0.1, 0.15) is 21.6 Å². The Kier molecular flexibility index (Phi) is 4.05. The first-order valence-corrected chi connectivity index (χ1v) is 6.17. The Hall–Kier alpha value is -3.07. The lowest BCUT2D eigenvalue weighted by Gasteiger charge is -2.11. The van der Waals surface area contributed by atoms with Gasteiger partial charge in [-0.15, -0.1) is 0 Å². The van der Waals surface area contributed by atoms with Gasteiger partial charge in [-0.3, -0.25) is 4.79 Å². The number of pyridine rings is 1. The number of ether oxygens (including phenoxy) is 1. The van der Waals surface area contributed by atoms with Crippen molar-refractivity contribution in [3.63, 3.8) is 0 Å².